The number of aliphatic hydroxyl groups excluding tert-OH is 1. The van der Waals surface area contributed by atoms with Crippen LogP contribution in [0.3, 0.4) is 0 Å². The van der Waals surface area contributed by atoms with Gasteiger partial charge in [-0.2, -0.15) is 11.8 Å². The van der Waals surface area contributed by atoms with Gasteiger partial charge in [0.15, 0.2) is 0 Å². The number of hydrogen-bond acceptors (Lipinski definition) is 3. The van der Waals surface area contributed by atoms with Crippen LogP contribution in [0.1, 0.15) is 6.92 Å². The van der Waals surface area contributed by atoms with E-state index in [-0.39, 0.29) is 12.5 Å². The molecule has 0 bridgehead atoms. The first-order valence-electron chi connectivity index (χ1n) is 3.75. The van der Waals surface area contributed by atoms with Crippen molar-refractivity contribution in [2.24, 2.45) is 5.92 Å². The summed E-state index contributed by atoms with van der Waals surface area (Å²) in [5.74, 6) is 0.927. The van der Waals surface area contributed by atoms with Crippen LogP contribution in [0.15, 0.2) is 12.2 Å². The Morgan fingerprint density at radius 1 is 1.67 bits per heavy atom. The monoisotopic (exact) mass is 190 g/mol. The molecule has 0 aliphatic carbocycles. The molecule has 1 unspecified atom stereocenters. The van der Waals surface area contributed by atoms with Crippen molar-refractivity contribution < 1.29 is 15.0 Å². The largest absolute Gasteiger partial charge is 0.478 e. The average molecular weight is 190 g/mol. The summed E-state index contributed by atoms with van der Waals surface area (Å²) in [6, 6.07) is 0. The first-order chi connectivity index (χ1) is 5.66. The molecule has 12 heavy (non-hydrogen) atoms. The molecule has 0 aromatic heterocycles. The second-order valence-corrected chi connectivity index (χ2v) is 3.64. The zero-order chi connectivity index (χ0) is 9.40. The van der Waals surface area contributed by atoms with Crippen molar-refractivity contribution in [2.75, 3.05) is 18.1 Å². The minimum absolute atomic E-state index is 0.190. The summed E-state index contributed by atoms with van der Waals surface area (Å²) >= 11 is 1.62. The molecule has 0 aliphatic rings. The van der Waals surface area contributed by atoms with E-state index in [4.69, 9.17) is 10.2 Å². The van der Waals surface area contributed by atoms with Crippen molar-refractivity contribution in [3.63, 3.8) is 0 Å². The third kappa shape index (κ3) is 7.63. The molecule has 0 radical (unpaired) electrons. The van der Waals surface area contributed by atoms with Crippen molar-refractivity contribution in [1.82, 2.24) is 0 Å². The Balaban J connectivity index is 3.26. The van der Waals surface area contributed by atoms with Gasteiger partial charge in [0.05, 0.1) is 0 Å². The molecule has 0 aliphatic heterocycles. The third-order valence-corrected chi connectivity index (χ3v) is 2.42. The van der Waals surface area contributed by atoms with Crippen LogP contribution in [0.4, 0.5) is 0 Å². The van der Waals surface area contributed by atoms with Gasteiger partial charge in [0.2, 0.25) is 0 Å². The normalized spacial score (nSPS) is 13.5. The number of rotatable bonds is 6. The lowest BCUT2D eigenvalue weighted by atomic mass is 10.2. The molecule has 3 nitrogen and oxygen atoms in total. The maximum Gasteiger partial charge on any atom is 0.328 e. The lowest BCUT2D eigenvalue weighted by Crippen LogP contribution is -2.03. The fourth-order valence-corrected chi connectivity index (χ4v) is 1.42. The van der Waals surface area contributed by atoms with Crippen molar-refractivity contribution >= 4 is 17.7 Å². The first kappa shape index (κ1) is 11.5. The lowest BCUT2D eigenvalue weighted by Gasteiger charge is -2.04. The van der Waals surface area contributed by atoms with Crippen molar-refractivity contribution in [1.29, 1.82) is 0 Å². The highest BCUT2D eigenvalue weighted by Gasteiger charge is 1.97. The number of carboxylic acids is 1. The van der Waals surface area contributed by atoms with Gasteiger partial charge in [0.1, 0.15) is 0 Å². The van der Waals surface area contributed by atoms with Crippen molar-refractivity contribution in [3.8, 4) is 0 Å². The predicted molar refractivity (Wildman–Crippen MR) is 50.4 cm³/mol. The summed E-state index contributed by atoms with van der Waals surface area (Å²) in [7, 11) is 0. The lowest BCUT2D eigenvalue weighted by molar-refractivity contribution is -0.131. The van der Waals surface area contributed by atoms with Gasteiger partial charge in [-0.05, 0) is 11.7 Å². The third-order valence-electron chi connectivity index (χ3n) is 1.19. The van der Waals surface area contributed by atoms with Crippen molar-refractivity contribution in [3.05, 3.63) is 12.2 Å². The summed E-state index contributed by atoms with van der Waals surface area (Å²) in [4.78, 5) is 10.0. The zero-order valence-corrected chi connectivity index (χ0v) is 7.88. The SMILES string of the molecule is CC(CO)CSCC=CC(=O)O. The molecule has 1 atom stereocenters. The second-order valence-electron chi connectivity index (χ2n) is 2.57. The molecule has 0 heterocycles. The molecule has 0 saturated heterocycles. The Morgan fingerprint density at radius 2 is 2.33 bits per heavy atom. The first-order valence-corrected chi connectivity index (χ1v) is 4.90. The van der Waals surface area contributed by atoms with E-state index in [1.807, 2.05) is 6.92 Å². The molecule has 4 heteroatoms. The molecule has 0 saturated carbocycles. The summed E-state index contributed by atoms with van der Waals surface area (Å²) < 4.78 is 0. The Morgan fingerprint density at radius 3 is 2.83 bits per heavy atom. The molecule has 70 valence electrons. The highest BCUT2D eigenvalue weighted by Crippen LogP contribution is 2.07. The van der Waals surface area contributed by atoms with Crippen LogP contribution in [-0.2, 0) is 4.79 Å². The summed E-state index contributed by atoms with van der Waals surface area (Å²) in [6.45, 7) is 2.14. The van der Waals surface area contributed by atoms with Crippen LogP contribution < -0.4 is 0 Å². The van der Waals surface area contributed by atoms with Crippen LogP contribution in [0.25, 0.3) is 0 Å². The van der Waals surface area contributed by atoms with Gasteiger partial charge in [-0.3, -0.25) is 0 Å². The van der Waals surface area contributed by atoms with Crippen molar-refractivity contribution in [2.45, 2.75) is 6.92 Å². The van der Waals surface area contributed by atoms with E-state index in [2.05, 4.69) is 0 Å². The highest BCUT2D eigenvalue weighted by atomic mass is 32.2. The molecule has 0 aromatic rings. The minimum Gasteiger partial charge on any atom is -0.478 e. The number of hydrogen-bond donors (Lipinski definition) is 2. The number of thioether (sulfide) groups is 1. The van der Waals surface area contributed by atoms with Crippen LogP contribution in [-0.4, -0.2) is 34.3 Å². The van der Waals surface area contributed by atoms with E-state index >= 15 is 0 Å². The molecule has 0 aromatic carbocycles. The Bertz CT molecular complexity index is 156. The zero-order valence-electron chi connectivity index (χ0n) is 7.06. The number of carboxylic acid groups (broad SMARTS) is 1. The predicted octanol–water partition coefficient (Wildman–Crippen LogP) is 0.989. The van der Waals surface area contributed by atoms with Gasteiger partial charge in [-0.1, -0.05) is 13.0 Å². The van der Waals surface area contributed by atoms with E-state index in [0.717, 1.165) is 11.8 Å². The van der Waals surface area contributed by atoms with Gasteiger partial charge in [-0.25, -0.2) is 4.79 Å². The Kier molecular flexibility index (Phi) is 6.90. The standard InChI is InChI=1S/C8H14O3S/c1-7(5-9)6-12-4-2-3-8(10)11/h2-3,7,9H,4-6H2,1H3,(H,10,11). The average Bonchev–Trinajstić information content (AvgIpc) is 2.03. The quantitative estimate of drug-likeness (QED) is 0.484. The van der Waals surface area contributed by atoms with Crippen LogP contribution in [0, 0.1) is 5.92 Å². The van der Waals surface area contributed by atoms with Gasteiger partial charge in [-0.15, -0.1) is 0 Å². The van der Waals surface area contributed by atoms with Crippen LogP contribution in [0.2, 0.25) is 0 Å². The summed E-state index contributed by atoms with van der Waals surface area (Å²) in [5, 5.41) is 16.9. The van der Waals surface area contributed by atoms with Gasteiger partial charge in [0, 0.05) is 18.4 Å². The minimum atomic E-state index is -0.911. The number of aliphatic hydroxyl groups is 1. The molecule has 0 fully saturated rings. The topological polar surface area (TPSA) is 57.5 Å². The van der Waals surface area contributed by atoms with Crippen LogP contribution >= 0.6 is 11.8 Å². The fraction of sp³-hybridized carbons (Fsp3) is 0.625. The Labute approximate surface area is 76.5 Å². The molecule has 2 N–H and O–H groups in total. The van der Waals surface area contributed by atoms with E-state index in [1.165, 1.54) is 0 Å². The Hall–Kier alpha value is -0.480. The number of aliphatic carboxylic acids is 1. The highest BCUT2D eigenvalue weighted by molar-refractivity contribution is 7.99. The smallest absolute Gasteiger partial charge is 0.328 e. The second kappa shape index (κ2) is 7.18. The van der Waals surface area contributed by atoms with E-state index in [9.17, 15) is 4.79 Å². The number of carbonyl (C=O) groups is 1. The molecular weight excluding hydrogens is 176 g/mol. The fourth-order valence-electron chi connectivity index (χ4n) is 0.539. The van der Waals surface area contributed by atoms with E-state index in [0.29, 0.717) is 5.75 Å². The molecule has 0 amide bonds. The molecule has 0 spiro atoms. The van der Waals surface area contributed by atoms with E-state index < -0.39 is 5.97 Å². The van der Waals surface area contributed by atoms with Gasteiger partial charge in [0.25, 0.3) is 0 Å². The maximum atomic E-state index is 10.0. The van der Waals surface area contributed by atoms with Gasteiger partial charge >= 0.3 is 5.97 Å². The summed E-state index contributed by atoms with van der Waals surface area (Å²) in [6.07, 6.45) is 2.74. The maximum absolute atomic E-state index is 10.0. The molecular formula is C8H14O3S. The van der Waals surface area contributed by atoms with E-state index in [1.54, 1.807) is 17.8 Å². The molecule has 0 rings (SSSR count). The summed E-state index contributed by atoms with van der Waals surface area (Å²) in [5.41, 5.74) is 0. The van der Waals surface area contributed by atoms with Crippen LogP contribution in [0.5, 0.6) is 0 Å². The van der Waals surface area contributed by atoms with Gasteiger partial charge < -0.3 is 10.2 Å².